The molecular formula is C10H21NO2S. The normalized spacial score (nSPS) is 21.9. The highest BCUT2D eigenvalue weighted by molar-refractivity contribution is 7.89. The minimum absolute atomic E-state index is 0.129. The fraction of sp³-hybridized carbons (Fsp3) is 1.00. The molecule has 0 bridgehead atoms. The van der Waals surface area contributed by atoms with Crippen LogP contribution in [0.5, 0.6) is 0 Å². The van der Waals surface area contributed by atoms with Crippen molar-refractivity contribution in [2.75, 3.05) is 5.75 Å². The Balaban J connectivity index is 2.40. The van der Waals surface area contributed by atoms with Crippen LogP contribution >= 0.6 is 0 Å². The number of rotatable bonds is 6. The van der Waals surface area contributed by atoms with Crippen molar-refractivity contribution in [3.05, 3.63) is 0 Å². The lowest BCUT2D eigenvalue weighted by molar-refractivity contribution is 0.521. The molecule has 84 valence electrons. The molecule has 0 spiro atoms. The summed E-state index contributed by atoms with van der Waals surface area (Å²) in [4.78, 5) is 0. The number of hydrogen-bond donors (Lipinski definition) is 1. The van der Waals surface area contributed by atoms with Gasteiger partial charge in [0.2, 0.25) is 10.0 Å². The van der Waals surface area contributed by atoms with Gasteiger partial charge < -0.3 is 0 Å². The van der Waals surface area contributed by atoms with Crippen molar-refractivity contribution < 1.29 is 8.42 Å². The van der Waals surface area contributed by atoms with Crippen molar-refractivity contribution in [2.24, 2.45) is 11.8 Å². The number of sulfonamides is 1. The molecule has 0 aromatic rings. The largest absolute Gasteiger partial charge is 0.212 e. The summed E-state index contributed by atoms with van der Waals surface area (Å²) in [6.07, 6.45) is 3.26. The van der Waals surface area contributed by atoms with Crippen LogP contribution in [-0.4, -0.2) is 20.2 Å². The third-order valence-corrected chi connectivity index (χ3v) is 4.63. The SMILES string of the molecule is CC[C@@H](C)CS(=O)(=O)N[C@H](C)C1CC1. The molecule has 0 aromatic heterocycles. The molecule has 0 unspecified atom stereocenters. The van der Waals surface area contributed by atoms with Crippen LogP contribution in [0, 0.1) is 11.8 Å². The summed E-state index contributed by atoms with van der Waals surface area (Å²) < 4.78 is 26.0. The Bertz CT molecular complexity index is 270. The molecule has 1 aliphatic carbocycles. The Labute approximate surface area is 87.3 Å². The zero-order chi connectivity index (χ0) is 10.8. The molecule has 0 heterocycles. The highest BCUT2D eigenvalue weighted by atomic mass is 32.2. The maximum Gasteiger partial charge on any atom is 0.212 e. The van der Waals surface area contributed by atoms with Gasteiger partial charge in [0.05, 0.1) is 5.75 Å². The van der Waals surface area contributed by atoms with Crippen LogP contribution in [0.25, 0.3) is 0 Å². The Kier molecular flexibility index (Phi) is 3.95. The predicted octanol–water partition coefficient (Wildman–Crippen LogP) is 1.75. The van der Waals surface area contributed by atoms with Gasteiger partial charge in [-0.2, -0.15) is 0 Å². The molecule has 0 amide bonds. The summed E-state index contributed by atoms with van der Waals surface area (Å²) in [5.41, 5.74) is 0. The van der Waals surface area contributed by atoms with Gasteiger partial charge in [0.25, 0.3) is 0 Å². The molecule has 1 rings (SSSR count). The van der Waals surface area contributed by atoms with Gasteiger partial charge in [-0.15, -0.1) is 0 Å². The Hall–Kier alpha value is -0.0900. The third kappa shape index (κ3) is 3.96. The molecule has 1 N–H and O–H groups in total. The van der Waals surface area contributed by atoms with E-state index in [1.165, 1.54) is 12.8 Å². The average molecular weight is 219 g/mol. The second kappa shape index (κ2) is 4.62. The Morgan fingerprint density at radius 1 is 1.36 bits per heavy atom. The van der Waals surface area contributed by atoms with E-state index < -0.39 is 10.0 Å². The Morgan fingerprint density at radius 3 is 2.36 bits per heavy atom. The van der Waals surface area contributed by atoms with Crippen molar-refractivity contribution in [2.45, 2.75) is 46.1 Å². The van der Waals surface area contributed by atoms with E-state index in [2.05, 4.69) is 4.72 Å². The van der Waals surface area contributed by atoms with Gasteiger partial charge in [0.15, 0.2) is 0 Å². The van der Waals surface area contributed by atoms with E-state index in [-0.39, 0.29) is 17.7 Å². The minimum Gasteiger partial charge on any atom is -0.212 e. The predicted molar refractivity (Wildman–Crippen MR) is 58.6 cm³/mol. The fourth-order valence-corrected chi connectivity index (χ4v) is 3.36. The minimum atomic E-state index is -3.05. The molecule has 0 radical (unpaired) electrons. The first-order chi connectivity index (χ1) is 6.44. The van der Waals surface area contributed by atoms with Crippen LogP contribution in [0.3, 0.4) is 0 Å². The highest BCUT2D eigenvalue weighted by Gasteiger charge is 2.30. The van der Waals surface area contributed by atoms with Gasteiger partial charge in [-0.25, -0.2) is 13.1 Å². The molecule has 2 atom stereocenters. The molecule has 4 heteroatoms. The van der Waals surface area contributed by atoms with E-state index in [9.17, 15) is 8.42 Å². The van der Waals surface area contributed by atoms with Crippen LogP contribution in [0.2, 0.25) is 0 Å². The second-order valence-electron chi connectivity index (χ2n) is 4.54. The number of nitrogens with one attached hydrogen (secondary N) is 1. The topological polar surface area (TPSA) is 46.2 Å². The summed E-state index contributed by atoms with van der Waals surface area (Å²) in [6.45, 7) is 5.96. The standard InChI is InChI=1S/C10H21NO2S/c1-4-8(2)7-14(12,13)11-9(3)10-5-6-10/h8-11H,4-7H2,1-3H3/t8-,9-/m1/s1. The molecule has 1 aliphatic rings. The molecule has 1 fully saturated rings. The van der Waals surface area contributed by atoms with E-state index in [1.807, 2.05) is 20.8 Å². The van der Waals surface area contributed by atoms with E-state index in [0.717, 1.165) is 6.42 Å². The monoisotopic (exact) mass is 219 g/mol. The summed E-state index contributed by atoms with van der Waals surface area (Å²) in [5.74, 6) is 1.10. The smallest absolute Gasteiger partial charge is 0.212 e. The molecule has 0 aromatic carbocycles. The lowest BCUT2D eigenvalue weighted by Gasteiger charge is -2.15. The third-order valence-electron chi connectivity index (χ3n) is 2.90. The highest BCUT2D eigenvalue weighted by Crippen LogP contribution is 2.32. The van der Waals surface area contributed by atoms with Gasteiger partial charge in [-0.1, -0.05) is 20.3 Å². The molecule has 0 aliphatic heterocycles. The van der Waals surface area contributed by atoms with Gasteiger partial charge in [0.1, 0.15) is 0 Å². The van der Waals surface area contributed by atoms with Crippen molar-refractivity contribution in [1.29, 1.82) is 0 Å². The summed E-state index contributed by atoms with van der Waals surface area (Å²) in [7, 11) is -3.05. The molecule has 1 saturated carbocycles. The molecular weight excluding hydrogens is 198 g/mol. The van der Waals surface area contributed by atoms with Crippen LogP contribution in [0.15, 0.2) is 0 Å². The summed E-state index contributed by atoms with van der Waals surface area (Å²) >= 11 is 0. The van der Waals surface area contributed by atoms with E-state index >= 15 is 0 Å². The van der Waals surface area contributed by atoms with Crippen LogP contribution in [0.1, 0.15) is 40.0 Å². The molecule has 14 heavy (non-hydrogen) atoms. The quantitative estimate of drug-likeness (QED) is 0.740. The maximum absolute atomic E-state index is 11.6. The second-order valence-corrected chi connectivity index (χ2v) is 6.34. The lowest BCUT2D eigenvalue weighted by atomic mass is 10.2. The zero-order valence-corrected chi connectivity index (χ0v) is 10.1. The van der Waals surface area contributed by atoms with Crippen LogP contribution < -0.4 is 4.72 Å². The van der Waals surface area contributed by atoms with Gasteiger partial charge >= 0.3 is 0 Å². The van der Waals surface area contributed by atoms with Gasteiger partial charge in [0, 0.05) is 6.04 Å². The maximum atomic E-state index is 11.6. The van der Waals surface area contributed by atoms with Crippen molar-refractivity contribution >= 4 is 10.0 Å². The lowest BCUT2D eigenvalue weighted by Crippen LogP contribution is -2.37. The first-order valence-electron chi connectivity index (χ1n) is 5.44. The summed E-state index contributed by atoms with van der Waals surface area (Å²) in [6, 6.07) is 0.129. The van der Waals surface area contributed by atoms with Crippen molar-refractivity contribution in [1.82, 2.24) is 4.72 Å². The van der Waals surface area contributed by atoms with Crippen LogP contribution in [-0.2, 0) is 10.0 Å². The van der Waals surface area contributed by atoms with Crippen molar-refractivity contribution in [3.63, 3.8) is 0 Å². The summed E-state index contributed by atoms with van der Waals surface area (Å²) in [5, 5.41) is 0. The van der Waals surface area contributed by atoms with E-state index in [1.54, 1.807) is 0 Å². The van der Waals surface area contributed by atoms with Crippen molar-refractivity contribution in [3.8, 4) is 0 Å². The Morgan fingerprint density at radius 2 is 1.93 bits per heavy atom. The zero-order valence-electron chi connectivity index (χ0n) is 9.29. The molecule has 3 nitrogen and oxygen atoms in total. The van der Waals surface area contributed by atoms with Gasteiger partial charge in [-0.3, -0.25) is 0 Å². The first kappa shape index (κ1) is 12.0. The fourth-order valence-electron chi connectivity index (χ4n) is 1.52. The van der Waals surface area contributed by atoms with E-state index in [0.29, 0.717) is 5.92 Å². The number of hydrogen-bond acceptors (Lipinski definition) is 2. The first-order valence-corrected chi connectivity index (χ1v) is 7.10. The average Bonchev–Trinajstić information content (AvgIpc) is 2.84. The van der Waals surface area contributed by atoms with E-state index in [4.69, 9.17) is 0 Å². The van der Waals surface area contributed by atoms with Crippen LogP contribution in [0.4, 0.5) is 0 Å². The molecule has 0 saturated heterocycles. The van der Waals surface area contributed by atoms with Gasteiger partial charge in [-0.05, 0) is 31.6 Å².